The number of hydrogen-bond acceptors (Lipinski definition) is 4. The molecule has 1 aromatic carbocycles. The highest BCUT2D eigenvalue weighted by atomic mass is 16.6. The molecule has 0 fully saturated rings. The lowest BCUT2D eigenvalue weighted by Gasteiger charge is -2.11. The summed E-state index contributed by atoms with van der Waals surface area (Å²) < 4.78 is 9.89. The summed E-state index contributed by atoms with van der Waals surface area (Å²) in [6.45, 7) is 2.09. The topological polar surface area (TPSA) is 55.8 Å². The predicted octanol–water partition coefficient (Wildman–Crippen LogP) is 1.58. The Labute approximate surface area is 88.4 Å². The van der Waals surface area contributed by atoms with Gasteiger partial charge in [-0.05, 0) is 25.1 Å². The van der Waals surface area contributed by atoms with Gasteiger partial charge in [-0.15, -0.1) is 0 Å². The highest BCUT2D eigenvalue weighted by Gasteiger charge is 2.11. The Hall–Kier alpha value is -1.55. The molecule has 0 amide bonds. The number of carbonyl (C=O) groups excluding carboxylic acids is 1. The van der Waals surface area contributed by atoms with Crippen LogP contribution in [0.2, 0.25) is 0 Å². The van der Waals surface area contributed by atoms with Crippen LogP contribution in [0.15, 0.2) is 24.3 Å². The summed E-state index contributed by atoms with van der Waals surface area (Å²) in [6.07, 6.45) is -0.301. The molecule has 4 heteroatoms. The highest BCUT2D eigenvalue weighted by molar-refractivity contribution is 5.89. The first kappa shape index (κ1) is 11.5. The molecule has 1 atom stereocenters. The third-order valence-corrected chi connectivity index (χ3v) is 1.79. The van der Waals surface area contributed by atoms with Gasteiger partial charge in [0.15, 0.2) is 0 Å². The molecule has 0 bridgehead atoms. The maximum absolute atomic E-state index is 11.5. The summed E-state index contributed by atoms with van der Waals surface area (Å²) in [5.41, 5.74) is 0.331. The van der Waals surface area contributed by atoms with E-state index in [1.165, 1.54) is 12.1 Å². The molecule has 4 nitrogen and oxygen atoms in total. The molecule has 0 saturated heterocycles. The van der Waals surface area contributed by atoms with Gasteiger partial charge in [-0.1, -0.05) is 6.07 Å². The van der Waals surface area contributed by atoms with E-state index in [0.717, 1.165) is 0 Å². The van der Waals surface area contributed by atoms with Crippen LogP contribution in [0, 0.1) is 0 Å². The van der Waals surface area contributed by atoms with E-state index in [1.54, 1.807) is 26.2 Å². The standard InChI is InChI=1S/C11H14O4/c1-8(7-14-2)15-11(13)9-4-3-5-10(12)6-9/h3-6,8,12H,7H2,1-2H3. The van der Waals surface area contributed by atoms with E-state index in [1.807, 2.05) is 0 Å². The van der Waals surface area contributed by atoms with Crippen molar-refractivity contribution in [2.45, 2.75) is 13.0 Å². The van der Waals surface area contributed by atoms with Gasteiger partial charge in [-0.2, -0.15) is 0 Å². The van der Waals surface area contributed by atoms with Crippen LogP contribution >= 0.6 is 0 Å². The van der Waals surface area contributed by atoms with Crippen molar-refractivity contribution in [1.82, 2.24) is 0 Å². The average molecular weight is 210 g/mol. The molecule has 0 radical (unpaired) electrons. The number of benzene rings is 1. The minimum atomic E-state index is -0.463. The summed E-state index contributed by atoms with van der Waals surface area (Å²) >= 11 is 0. The van der Waals surface area contributed by atoms with E-state index in [4.69, 9.17) is 14.6 Å². The van der Waals surface area contributed by atoms with Crippen LogP contribution in [0.25, 0.3) is 0 Å². The van der Waals surface area contributed by atoms with Gasteiger partial charge in [0.25, 0.3) is 0 Å². The second-order valence-corrected chi connectivity index (χ2v) is 3.22. The molecule has 0 aliphatic heterocycles. The molecule has 1 unspecified atom stereocenters. The maximum atomic E-state index is 11.5. The number of aromatic hydroxyl groups is 1. The third kappa shape index (κ3) is 3.59. The molecule has 0 aliphatic carbocycles. The van der Waals surface area contributed by atoms with Crippen molar-refractivity contribution in [1.29, 1.82) is 0 Å². The predicted molar refractivity (Wildman–Crippen MR) is 54.9 cm³/mol. The van der Waals surface area contributed by atoms with E-state index in [0.29, 0.717) is 12.2 Å². The van der Waals surface area contributed by atoms with E-state index in [9.17, 15) is 4.79 Å². The van der Waals surface area contributed by atoms with Crippen molar-refractivity contribution in [2.75, 3.05) is 13.7 Å². The van der Waals surface area contributed by atoms with Gasteiger partial charge in [0.1, 0.15) is 11.9 Å². The summed E-state index contributed by atoms with van der Waals surface area (Å²) in [7, 11) is 1.54. The van der Waals surface area contributed by atoms with E-state index >= 15 is 0 Å². The number of phenolic OH excluding ortho intramolecular Hbond substituents is 1. The number of ether oxygens (including phenoxy) is 2. The van der Waals surface area contributed by atoms with Crippen LogP contribution in [0.3, 0.4) is 0 Å². The maximum Gasteiger partial charge on any atom is 0.338 e. The van der Waals surface area contributed by atoms with Crippen LogP contribution in [0.4, 0.5) is 0 Å². The molecular formula is C11H14O4. The van der Waals surface area contributed by atoms with Crippen molar-refractivity contribution < 1.29 is 19.4 Å². The Morgan fingerprint density at radius 3 is 2.87 bits per heavy atom. The number of carbonyl (C=O) groups is 1. The Bertz CT molecular complexity index is 335. The van der Waals surface area contributed by atoms with Crippen LogP contribution in [0.5, 0.6) is 5.75 Å². The summed E-state index contributed by atoms with van der Waals surface area (Å²) in [6, 6.07) is 6.03. The summed E-state index contributed by atoms with van der Waals surface area (Å²) in [5, 5.41) is 9.17. The Morgan fingerprint density at radius 1 is 1.53 bits per heavy atom. The fraction of sp³-hybridized carbons (Fsp3) is 0.364. The molecule has 0 aromatic heterocycles. The van der Waals surface area contributed by atoms with Crippen molar-refractivity contribution in [2.24, 2.45) is 0 Å². The fourth-order valence-corrected chi connectivity index (χ4v) is 1.15. The van der Waals surface area contributed by atoms with Crippen LogP contribution in [-0.4, -0.2) is 30.9 Å². The lowest BCUT2D eigenvalue weighted by atomic mass is 10.2. The Kier molecular flexibility index (Phi) is 4.12. The number of hydrogen-bond donors (Lipinski definition) is 1. The average Bonchev–Trinajstić information content (AvgIpc) is 2.18. The van der Waals surface area contributed by atoms with Crippen molar-refractivity contribution in [3.63, 3.8) is 0 Å². The van der Waals surface area contributed by atoms with Gasteiger partial charge < -0.3 is 14.6 Å². The smallest absolute Gasteiger partial charge is 0.338 e. The second kappa shape index (κ2) is 5.36. The van der Waals surface area contributed by atoms with Crippen molar-refractivity contribution >= 4 is 5.97 Å². The van der Waals surface area contributed by atoms with Gasteiger partial charge in [0.05, 0.1) is 12.2 Å². The molecule has 82 valence electrons. The summed E-state index contributed by atoms with van der Waals surface area (Å²) in [5.74, 6) is -0.417. The number of esters is 1. The second-order valence-electron chi connectivity index (χ2n) is 3.22. The minimum Gasteiger partial charge on any atom is -0.508 e. The van der Waals surface area contributed by atoms with Crippen molar-refractivity contribution in [3.8, 4) is 5.75 Å². The third-order valence-electron chi connectivity index (χ3n) is 1.79. The van der Waals surface area contributed by atoms with Gasteiger partial charge in [-0.3, -0.25) is 0 Å². The Morgan fingerprint density at radius 2 is 2.27 bits per heavy atom. The van der Waals surface area contributed by atoms with Crippen LogP contribution in [-0.2, 0) is 9.47 Å². The quantitative estimate of drug-likeness (QED) is 0.766. The van der Waals surface area contributed by atoms with Crippen LogP contribution in [0.1, 0.15) is 17.3 Å². The first-order chi connectivity index (χ1) is 7.13. The van der Waals surface area contributed by atoms with Gasteiger partial charge >= 0.3 is 5.97 Å². The molecule has 0 aliphatic rings. The molecule has 0 spiro atoms. The first-order valence-electron chi connectivity index (χ1n) is 4.62. The van der Waals surface area contributed by atoms with Gasteiger partial charge in [-0.25, -0.2) is 4.79 Å². The van der Waals surface area contributed by atoms with Gasteiger partial charge in [0, 0.05) is 7.11 Å². The largest absolute Gasteiger partial charge is 0.508 e. The zero-order valence-corrected chi connectivity index (χ0v) is 8.77. The first-order valence-corrected chi connectivity index (χ1v) is 4.62. The zero-order valence-electron chi connectivity index (χ0n) is 8.77. The molecule has 15 heavy (non-hydrogen) atoms. The van der Waals surface area contributed by atoms with Crippen LogP contribution < -0.4 is 0 Å². The molecular weight excluding hydrogens is 196 g/mol. The normalized spacial score (nSPS) is 12.1. The van der Waals surface area contributed by atoms with Gasteiger partial charge in [0.2, 0.25) is 0 Å². The number of rotatable bonds is 4. The molecule has 1 N–H and O–H groups in total. The Balaban J connectivity index is 2.61. The van der Waals surface area contributed by atoms with E-state index in [2.05, 4.69) is 0 Å². The van der Waals surface area contributed by atoms with E-state index in [-0.39, 0.29) is 11.9 Å². The SMILES string of the molecule is COCC(C)OC(=O)c1cccc(O)c1. The van der Waals surface area contributed by atoms with Crippen molar-refractivity contribution in [3.05, 3.63) is 29.8 Å². The molecule has 0 heterocycles. The lowest BCUT2D eigenvalue weighted by molar-refractivity contribution is 0.0120. The number of phenols is 1. The minimum absolute atomic E-state index is 0.0452. The monoisotopic (exact) mass is 210 g/mol. The lowest BCUT2D eigenvalue weighted by Crippen LogP contribution is -2.19. The summed E-state index contributed by atoms with van der Waals surface area (Å²) in [4.78, 5) is 11.5. The molecule has 0 saturated carbocycles. The molecule has 1 rings (SSSR count). The molecule has 1 aromatic rings. The van der Waals surface area contributed by atoms with E-state index < -0.39 is 5.97 Å². The zero-order chi connectivity index (χ0) is 11.3. The fourth-order valence-electron chi connectivity index (χ4n) is 1.15. The number of methoxy groups -OCH3 is 1. The highest BCUT2D eigenvalue weighted by Crippen LogP contribution is 2.12.